The van der Waals surface area contributed by atoms with Crippen LogP contribution in [0.5, 0.6) is 0 Å². The smallest absolute Gasteiger partial charge is 0.178 e. The lowest BCUT2D eigenvalue weighted by Crippen LogP contribution is -2.30. The number of hydrogen-bond donors (Lipinski definition) is 2. The Morgan fingerprint density at radius 2 is 1.86 bits per heavy atom. The van der Waals surface area contributed by atoms with Crippen molar-refractivity contribution in [2.24, 2.45) is 5.92 Å². The molecule has 0 bridgehead atoms. The van der Waals surface area contributed by atoms with Gasteiger partial charge in [-0.2, -0.15) is 0 Å². The first-order valence-corrected chi connectivity index (χ1v) is 9.43. The molecule has 2 N–H and O–H groups in total. The summed E-state index contributed by atoms with van der Waals surface area (Å²) in [5.41, 5.74) is 0.906. The summed E-state index contributed by atoms with van der Waals surface area (Å²) in [7, 11) is -3.14. The van der Waals surface area contributed by atoms with Gasteiger partial charge in [-0.3, -0.25) is 0 Å². The van der Waals surface area contributed by atoms with E-state index >= 15 is 0 Å². The molecular formula is C16H25NO3S. The fourth-order valence-electron chi connectivity index (χ4n) is 2.84. The van der Waals surface area contributed by atoms with Gasteiger partial charge < -0.3 is 10.4 Å². The molecule has 2 atom stereocenters. The van der Waals surface area contributed by atoms with E-state index in [1.54, 1.807) is 24.3 Å². The second-order valence-corrected chi connectivity index (χ2v) is 7.95. The molecule has 1 saturated carbocycles. The van der Waals surface area contributed by atoms with Gasteiger partial charge in [0.15, 0.2) is 9.84 Å². The highest BCUT2D eigenvalue weighted by molar-refractivity contribution is 7.91. The van der Waals surface area contributed by atoms with E-state index in [1.165, 1.54) is 6.42 Å². The van der Waals surface area contributed by atoms with Crippen molar-refractivity contribution in [2.45, 2.75) is 50.0 Å². The Morgan fingerprint density at radius 3 is 2.48 bits per heavy atom. The summed E-state index contributed by atoms with van der Waals surface area (Å²) in [6, 6.07) is 6.92. The number of benzene rings is 1. The van der Waals surface area contributed by atoms with Crippen LogP contribution in [-0.2, 0) is 9.84 Å². The van der Waals surface area contributed by atoms with Crippen LogP contribution in [-0.4, -0.2) is 31.9 Å². The third kappa shape index (κ3) is 4.45. The van der Waals surface area contributed by atoms with Crippen molar-refractivity contribution in [3.8, 4) is 0 Å². The Morgan fingerprint density at radius 1 is 1.19 bits per heavy atom. The normalized spacial score (nSPS) is 23.0. The molecule has 1 fully saturated rings. The Hall–Kier alpha value is -1.07. The maximum atomic E-state index is 11.9. The summed E-state index contributed by atoms with van der Waals surface area (Å²) in [5, 5.41) is 13.2. The molecule has 21 heavy (non-hydrogen) atoms. The Kier molecular flexibility index (Phi) is 5.65. The van der Waals surface area contributed by atoms with Gasteiger partial charge in [0.2, 0.25) is 0 Å². The first kappa shape index (κ1) is 16.3. The first-order valence-electron chi connectivity index (χ1n) is 7.77. The van der Waals surface area contributed by atoms with E-state index in [9.17, 15) is 13.5 Å². The quantitative estimate of drug-likeness (QED) is 0.848. The fraction of sp³-hybridized carbons (Fsp3) is 0.625. The molecule has 1 aromatic rings. The topological polar surface area (TPSA) is 66.4 Å². The van der Waals surface area contributed by atoms with Crippen LogP contribution in [0.4, 0.5) is 5.69 Å². The van der Waals surface area contributed by atoms with Crippen LogP contribution in [0.25, 0.3) is 0 Å². The Labute approximate surface area is 127 Å². The largest absolute Gasteiger partial charge is 0.393 e. The van der Waals surface area contributed by atoms with Gasteiger partial charge in [0.05, 0.1) is 16.8 Å². The van der Waals surface area contributed by atoms with E-state index in [2.05, 4.69) is 5.32 Å². The van der Waals surface area contributed by atoms with Crippen LogP contribution in [0, 0.1) is 5.92 Å². The summed E-state index contributed by atoms with van der Waals surface area (Å²) in [6.45, 7) is 2.60. The van der Waals surface area contributed by atoms with Crippen LogP contribution in [0.1, 0.15) is 39.0 Å². The molecule has 0 saturated heterocycles. The molecule has 0 heterocycles. The van der Waals surface area contributed by atoms with Gasteiger partial charge in [0, 0.05) is 18.2 Å². The number of anilines is 1. The summed E-state index contributed by atoms with van der Waals surface area (Å²) in [5.74, 6) is 0.482. The van der Waals surface area contributed by atoms with Crippen molar-refractivity contribution in [2.75, 3.05) is 17.6 Å². The number of rotatable bonds is 6. The number of nitrogens with one attached hydrogen (secondary N) is 1. The minimum absolute atomic E-state index is 0.189. The number of hydrogen-bond acceptors (Lipinski definition) is 4. The van der Waals surface area contributed by atoms with E-state index in [0.29, 0.717) is 17.2 Å². The highest BCUT2D eigenvalue weighted by atomic mass is 32.2. The molecule has 1 aliphatic rings. The molecule has 0 aliphatic heterocycles. The highest BCUT2D eigenvalue weighted by Gasteiger charge is 2.22. The van der Waals surface area contributed by atoms with Crippen LogP contribution < -0.4 is 5.32 Å². The summed E-state index contributed by atoms with van der Waals surface area (Å²) in [6.07, 6.45) is 4.65. The molecule has 0 amide bonds. The van der Waals surface area contributed by atoms with Crippen LogP contribution in [0.15, 0.2) is 29.2 Å². The Bertz CT molecular complexity index is 539. The second-order valence-electron chi connectivity index (χ2n) is 5.84. The van der Waals surface area contributed by atoms with E-state index < -0.39 is 9.84 Å². The van der Waals surface area contributed by atoms with Gasteiger partial charge >= 0.3 is 0 Å². The van der Waals surface area contributed by atoms with Gasteiger partial charge in [-0.1, -0.05) is 19.8 Å². The van der Waals surface area contributed by atoms with Gasteiger partial charge in [0.1, 0.15) is 0 Å². The standard InChI is InChI=1S/C16H25NO3S/c1-2-11-21(19,20)15-9-7-14(8-10-15)17-12-13-5-3-4-6-16(13)18/h7-10,13,16-18H,2-6,11-12H2,1H3. The zero-order valence-electron chi connectivity index (χ0n) is 12.6. The van der Waals surface area contributed by atoms with Gasteiger partial charge in [0.25, 0.3) is 0 Å². The van der Waals surface area contributed by atoms with E-state index in [0.717, 1.165) is 31.5 Å². The van der Waals surface area contributed by atoms with Crippen molar-refractivity contribution in [1.29, 1.82) is 0 Å². The second kappa shape index (κ2) is 7.27. The van der Waals surface area contributed by atoms with Crippen LogP contribution in [0.3, 0.4) is 0 Å². The predicted octanol–water partition coefficient (Wildman–Crippen LogP) is 2.83. The van der Waals surface area contributed by atoms with E-state index in [1.807, 2.05) is 6.92 Å². The maximum Gasteiger partial charge on any atom is 0.178 e. The molecule has 0 spiro atoms. The zero-order valence-corrected chi connectivity index (χ0v) is 13.4. The number of aliphatic hydroxyl groups excluding tert-OH is 1. The number of aliphatic hydroxyl groups is 1. The van der Waals surface area contributed by atoms with Crippen molar-refractivity contribution in [1.82, 2.24) is 0 Å². The SMILES string of the molecule is CCCS(=O)(=O)c1ccc(NCC2CCCCC2O)cc1. The summed E-state index contributed by atoms with van der Waals surface area (Å²) in [4.78, 5) is 0.382. The molecular weight excluding hydrogens is 286 g/mol. The molecule has 4 nitrogen and oxygen atoms in total. The molecule has 2 rings (SSSR count). The predicted molar refractivity (Wildman–Crippen MR) is 85.2 cm³/mol. The van der Waals surface area contributed by atoms with E-state index in [-0.39, 0.29) is 11.9 Å². The summed E-state index contributed by atoms with van der Waals surface area (Å²) >= 11 is 0. The molecule has 1 aliphatic carbocycles. The number of sulfone groups is 1. The molecule has 5 heteroatoms. The minimum atomic E-state index is -3.14. The van der Waals surface area contributed by atoms with Crippen molar-refractivity contribution in [3.05, 3.63) is 24.3 Å². The average Bonchev–Trinajstić information content (AvgIpc) is 2.47. The maximum absolute atomic E-state index is 11.9. The third-order valence-corrected chi connectivity index (χ3v) is 6.06. The van der Waals surface area contributed by atoms with Crippen molar-refractivity contribution < 1.29 is 13.5 Å². The third-order valence-electron chi connectivity index (χ3n) is 4.12. The minimum Gasteiger partial charge on any atom is -0.393 e. The van der Waals surface area contributed by atoms with E-state index in [4.69, 9.17) is 0 Å². The molecule has 2 unspecified atom stereocenters. The molecule has 0 radical (unpaired) electrons. The monoisotopic (exact) mass is 311 g/mol. The molecule has 1 aromatic carbocycles. The molecule has 118 valence electrons. The summed E-state index contributed by atoms with van der Waals surface area (Å²) < 4.78 is 23.9. The zero-order chi connectivity index (χ0) is 15.3. The molecule has 0 aromatic heterocycles. The lowest BCUT2D eigenvalue weighted by molar-refractivity contribution is 0.0763. The lowest BCUT2D eigenvalue weighted by atomic mass is 9.86. The Balaban J connectivity index is 1.93. The van der Waals surface area contributed by atoms with Crippen LogP contribution in [0.2, 0.25) is 0 Å². The van der Waals surface area contributed by atoms with Crippen LogP contribution >= 0.6 is 0 Å². The fourth-order valence-corrected chi connectivity index (χ4v) is 4.17. The van der Waals surface area contributed by atoms with Crippen molar-refractivity contribution in [3.63, 3.8) is 0 Å². The van der Waals surface area contributed by atoms with Crippen molar-refractivity contribution >= 4 is 15.5 Å². The van der Waals surface area contributed by atoms with Gasteiger partial charge in [-0.25, -0.2) is 8.42 Å². The average molecular weight is 311 g/mol. The lowest BCUT2D eigenvalue weighted by Gasteiger charge is -2.28. The first-order chi connectivity index (χ1) is 10.0. The van der Waals surface area contributed by atoms with Gasteiger partial charge in [-0.15, -0.1) is 0 Å². The van der Waals surface area contributed by atoms with Gasteiger partial charge in [-0.05, 0) is 43.5 Å². The highest BCUT2D eigenvalue weighted by Crippen LogP contribution is 2.25.